The minimum Gasteiger partial charge on any atom is -0.493 e. The Bertz CT molecular complexity index is 697. The molecule has 0 radical (unpaired) electrons. The van der Waals surface area contributed by atoms with Crippen molar-refractivity contribution in [2.45, 2.75) is 19.3 Å². The molecule has 0 N–H and O–H groups in total. The molecule has 2 nitrogen and oxygen atoms in total. The number of benzene rings is 2. The van der Waals surface area contributed by atoms with E-state index in [4.69, 9.17) is 4.74 Å². The van der Waals surface area contributed by atoms with Gasteiger partial charge in [-0.1, -0.05) is 28.1 Å². The van der Waals surface area contributed by atoms with Crippen LogP contribution in [0.5, 0.6) is 5.75 Å². The van der Waals surface area contributed by atoms with E-state index in [1.54, 1.807) is 6.07 Å². The largest absolute Gasteiger partial charge is 0.493 e. The molecule has 1 aliphatic heterocycles. The molecular weight excluding hydrogens is 335 g/mol. The summed E-state index contributed by atoms with van der Waals surface area (Å²) >= 11 is 3.19. The summed E-state index contributed by atoms with van der Waals surface area (Å²) < 4.78 is 19.8. The maximum atomic E-state index is 13.7. The maximum Gasteiger partial charge on any atom is 0.166 e. The van der Waals surface area contributed by atoms with Crippen molar-refractivity contribution in [1.82, 2.24) is 0 Å². The van der Waals surface area contributed by atoms with Crippen LogP contribution in [0.1, 0.15) is 27.9 Å². The highest BCUT2D eigenvalue weighted by atomic mass is 79.9. The Labute approximate surface area is 131 Å². The molecule has 2 aromatic carbocycles. The fraction of sp³-hybridized carbons (Fsp3) is 0.235. The lowest BCUT2D eigenvalue weighted by Crippen LogP contribution is -2.04. The third kappa shape index (κ3) is 3.16. The van der Waals surface area contributed by atoms with Crippen molar-refractivity contribution in [3.63, 3.8) is 0 Å². The normalized spacial score (nSPS) is 12.9. The number of Topliss-reactive ketones (excluding diaryl/α,β-unsaturated/α-hetero) is 1. The number of ketones is 1. The Morgan fingerprint density at radius 1 is 1.24 bits per heavy atom. The van der Waals surface area contributed by atoms with Crippen molar-refractivity contribution in [2.24, 2.45) is 0 Å². The van der Waals surface area contributed by atoms with Crippen LogP contribution in [0, 0.1) is 5.82 Å². The van der Waals surface area contributed by atoms with Crippen LogP contribution in [-0.4, -0.2) is 12.4 Å². The molecule has 2 aromatic rings. The maximum absolute atomic E-state index is 13.7. The van der Waals surface area contributed by atoms with Gasteiger partial charge in [-0.3, -0.25) is 4.79 Å². The molecule has 3 rings (SSSR count). The monoisotopic (exact) mass is 348 g/mol. The van der Waals surface area contributed by atoms with Crippen molar-refractivity contribution < 1.29 is 13.9 Å². The number of halogens is 2. The summed E-state index contributed by atoms with van der Waals surface area (Å²) in [5.74, 6) is 0.289. The zero-order valence-corrected chi connectivity index (χ0v) is 13.0. The number of aryl methyl sites for hydroxylation is 1. The third-order valence-corrected chi connectivity index (χ3v) is 4.12. The van der Waals surface area contributed by atoms with E-state index < -0.39 is 5.82 Å². The molecule has 0 spiro atoms. The Kier molecular flexibility index (Phi) is 4.06. The summed E-state index contributed by atoms with van der Waals surface area (Å²) in [6.07, 6.45) is 1.83. The van der Waals surface area contributed by atoms with Gasteiger partial charge in [-0.05, 0) is 41.8 Å². The summed E-state index contributed by atoms with van der Waals surface area (Å²) in [6.45, 7) is 0.724. The van der Waals surface area contributed by atoms with Gasteiger partial charge in [0.05, 0.1) is 12.2 Å². The van der Waals surface area contributed by atoms with Gasteiger partial charge in [0.1, 0.15) is 11.6 Å². The molecule has 0 saturated carbocycles. The van der Waals surface area contributed by atoms with Crippen molar-refractivity contribution in [2.75, 3.05) is 6.61 Å². The summed E-state index contributed by atoms with van der Waals surface area (Å²) in [4.78, 5) is 12.1. The molecule has 108 valence electrons. The molecule has 1 aliphatic rings. The molecular formula is C17H14BrFO2. The van der Waals surface area contributed by atoms with Gasteiger partial charge in [-0.25, -0.2) is 4.39 Å². The van der Waals surface area contributed by atoms with Crippen LogP contribution in [0.25, 0.3) is 0 Å². The van der Waals surface area contributed by atoms with Crippen molar-refractivity contribution in [1.29, 1.82) is 0 Å². The van der Waals surface area contributed by atoms with Gasteiger partial charge in [0.25, 0.3) is 0 Å². The van der Waals surface area contributed by atoms with E-state index in [9.17, 15) is 9.18 Å². The van der Waals surface area contributed by atoms with Gasteiger partial charge in [0.2, 0.25) is 0 Å². The predicted octanol–water partition coefficient (Wildman–Crippen LogP) is 4.34. The van der Waals surface area contributed by atoms with E-state index >= 15 is 0 Å². The Morgan fingerprint density at radius 2 is 2.10 bits per heavy atom. The molecule has 0 amide bonds. The van der Waals surface area contributed by atoms with Gasteiger partial charge in [0, 0.05) is 17.3 Å². The van der Waals surface area contributed by atoms with Crippen LogP contribution < -0.4 is 4.74 Å². The highest BCUT2D eigenvalue weighted by Crippen LogP contribution is 2.26. The molecule has 0 aromatic heterocycles. The topological polar surface area (TPSA) is 26.3 Å². The van der Waals surface area contributed by atoms with Crippen LogP contribution in [0.4, 0.5) is 4.39 Å². The molecule has 0 bridgehead atoms. The SMILES string of the molecule is O=C(CCc1ccc2c(c1)CCO2)c1ccc(Br)cc1F. The van der Waals surface area contributed by atoms with E-state index in [0.29, 0.717) is 17.3 Å². The number of carbonyl (C=O) groups excluding carboxylic acids is 1. The van der Waals surface area contributed by atoms with Crippen molar-refractivity contribution >= 4 is 21.7 Å². The average molecular weight is 349 g/mol. The number of ether oxygens (including phenoxy) is 1. The molecule has 1 heterocycles. The molecule has 0 unspecified atom stereocenters. The predicted molar refractivity (Wildman–Crippen MR) is 82.4 cm³/mol. The Morgan fingerprint density at radius 3 is 2.90 bits per heavy atom. The zero-order chi connectivity index (χ0) is 14.8. The highest BCUT2D eigenvalue weighted by molar-refractivity contribution is 9.10. The molecule has 0 fully saturated rings. The number of fused-ring (bicyclic) bond motifs is 1. The quantitative estimate of drug-likeness (QED) is 0.768. The molecule has 0 atom stereocenters. The fourth-order valence-electron chi connectivity index (χ4n) is 2.50. The van der Waals surface area contributed by atoms with E-state index in [0.717, 1.165) is 24.3 Å². The molecule has 0 aliphatic carbocycles. The first-order chi connectivity index (χ1) is 10.1. The second-order valence-electron chi connectivity index (χ2n) is 5.09. The number of rotatable bonds is 4. The van der Waals surface area contributed by atoms with Crippen LogP contribution in [0.3, 0.4) is 0 Å². The summed E-state index contributed by atoms with van der Waals surface area (Å²) in [6, 6.07) is 10.5. The van der Waals surface area contributed by atoms with E-state index in [1.807, 2.05) is 12.1 Å². The molecule has 0 saturated heterocycles. The fourth-order valence-corrected chi connectivity index (χ4v) is 2.84. The zero-order valence-electron chi connectivity index (χ0n) is 11.4. The van der Waals surface area contributed by atoms with E-state index in [2.05, 4.69) is 22.0 Å². The van der Waals surface area contributed by atoms with Gasteiger partial charge in [0.15, 0.2) is 5.78 Å². The van der Waals surface area contributed by atoms with Gasteiger partial charge < -0.3 is 4.74 Å². The van der Waals surface area contributed by atoms with Gasteiger partial charge >= 0.3 is 0 Å². The Hall–Kier alpha value is -1.68. The lowest BCUT2D eigenvalue weighted by atomic mass is 10.0. The first-order valence-electron chi connectivity index (χ1n) is 6.86. The van der Waals surface area contributed by atoms with Crippen LogP contribution >= 0.6 is 15.9 Å². The first kappa shape index (κ1) is 14.3. The summed E-state index contributed by atoms with van der Waals surface area (Å²) in [5, 5.41) is 0. The summed E-state index contributed by atoms with van der Waals surface area (Å²) in [7, 11) is 0. The molecule has 4 heteroatoms. The highest BCUT2D eigenvalue weighted by Gasteiger charge is 2.14. The van der Waals surface area contributed by atoms with Crippen LogP contribution in [0.2, 0.25) is 0 Å². The lowest BCUT2D eigenvalue weighted by Gasteiger charge is -2.05. The minimum absolute atomic E-state index is 0.155. The lowest BCUT2D eigenvalue weighted by molar-refractivity contribution is 0.0979. The number of hydrogen-bond donors (Lipinski definition) is 0. The van der Waals surface area contributed by atoms with Crippen LogP contribution in [-0.2, 0) is 12.8 Å². The standard InChI is InChI=1S/C17H14BrFO2/c18-13-3-4-14(15(19)10-13)16(20)5-1-11-2-6-17-12(9-11)7-8-21-17/h2-4,6,9-10H,1,5,7-8H2. The smallest absolute Gasteiger partial charge is 0.166 e. The summed E-state index contributed by atoms with van der Waals surface area (Å²) in [5.41, 5.74) is 2.43. The average Bonchev–Trinajstić information content (AvgIpc) is 2.92. The Balaban J connectivity index is 1.68. The first-order valence-corrected chi connectivity index (χ1v) is 7.65. The van der Waals surface area contributed by atoms with Gasteiger partial charge in [-0.15, -0.1) is 0 Å². The third-order valence-electron chi connectivity index (χ3n) is 3.63. The second-order valence-corrected chi connectivity index (χ2v) is 6.00. The number of hydrogen-bond acceptors (Lipinski definition) is 2. The van der Waals surface area contributed by atoms with E-state index in [1.165, 1.54) is 17.7 Å². The molecule has 21 heavy (non-hydrogen) atoms. The second kappa shape index (κ2) is 5.98. The van der Waals surface area contributed by atoms with E-state index in [-0.39, 0.29) is 11.3 Å². The van der Waals surface area contributed by atoms with Crippen LogP contribution in [0.15, 0.2) is 40.9 Å². The van der Waals surface area contributed by atoms with Gasteiger partial charge in [-0.2, -0.15) is 0 Å². The van der Waals surface area contributed by atoms with Crippen molar-refractivity contribution in [3.8, 4) is 5.75 Å². The number of carbonyl (C=O) groups is 1. The van der Waals surface area contributed by atoms with Crippen molar-refractivity contribution in [3.05, 3.63) is 63.4 Å². The minimum atomic E-state index is -0.475.